The van der Waals surface area contributed by atoms with Crippen molar-refractivity contribution in [2.75, 3.05) is 45.8 Å². The highest BCUT2D eigenvalue weighted by molar-refractivity contribution is 7.83. The number of ether oxygens (including phenoxy) is 1. The molecule has 2 unspecified atom stereocenters. The Kier molecular flexibility index (Phi) is 12.1. The van der Waals surface area contributed by atoms with Crippen molar-refractivity contribution in [2.24, 2.45) is 11.8 Å². The zero-order valence-electron chi connectivity index (χ0n) is 33.3. The molecule has 3 aromatic carbocycles. The second-order valence-electron chi connectivity index (χ2n) is 15.7. The number of amides is 1. The van der Waals surface area contributed by atoms with Gasteiger partial charge in [-0.25, -0.2) is 8.93 Å². The molecule has 3 heterocycles. The number of nitrogens with one attached hydrogen (secondary N) is 1. The second kappa shape index (κ2) is 17.2. The molecule has 1 saturated heterocycles. The summed E-state index contributed by atoms with van der Waals surface area (Å²) in [7, 11) is 4.45. The van der Waals surface area contributed by atoms with Crippen LogP contribution in [0.1, 0.15) is 83.1 Å². The van der Waals surface area contributed by atoms with Crippen molar-refractivity contribution in [2.45, 2.75) is 88.0 Å². The van der Waals surface area contributed by atoms with E-state index in [-0.39, 0.29) is 23.5 Å². The lowest BCUT2D eigenvalue weighted by Gasteiger charge is -2.37. The summed E-state index contributed by atoms with van der Waals surface area (Å²) in [5.41, 5.74) is 4.41. The van der Waals surface area contributed by atoms with Gasteiger partial charge in [-0.3, -0.25) is 14.4 Å². The summed E-state index contributed by atoms with van der Waals surface area (Å²) in [6.45, 7) is 3.55. The maximum atomic E-state index is 13.9. The Morgan fingerprint density at radius 2 is 1.77 bits per heavy atom. The minimum absolute atomic E-state index is 0.0287. The summed E-state index contributed by atoms with van der Waals surface area (Å²) in [5.74, 6) is 3.15. The van der Waals surface area contributed by atoms with Crippen molar-refractivity contribution in [3.8, 4) is 18.1 Å². The summed E-state index contributed by atoms with van der Waals surface area (Å²) in [6, 6.07) is 18.2. The summed E-state index contributed by atoms with van der Waals surface area (Å²) in [5, 5.41) is 2.15. The number of Topliss-reactive ketones (excluding diaryl/α,β-unsaturated/α-hetero) is 1. The molecule has 0 spiro atoms. The van der Waals surface area contributed by atoms with Crippen LogP contribution < -0.4 is 14.4 Å². The molecule has 0 saturated carbocycles. The first-order chi connectivity index (χ1) is 27.2. The molecule has 2 bridgehead atoms. The minimum Gasteiger partial charge on any atom is -0.493 e. The van der Waals surface area contributed by atoms with Crippen molar-refractivity contribution in [3.63, 3.8) is 0 Å². The lowest BCUT2D eigenvalue weighted by atomic mass is 9.75. The van der Waals surface area contributed by atoms with Gasteiger partial charge < -0.3 is 14.5 Å². The summed E-state index contributed by atoms with van der Waals surface area (Å²) in [6.07, 6.45) is 21.1. The number of benzene rings is 3. The Morgan fingerprint density at radius 3 is 2.50 bits per heavy atom. The van der Waals surface area contributed by atoms with E-state index in [2.05, 4.69) is 27.7 Å². The third-order valence-corrected chi connectivity index (χ3v) is 13.3. The quantitative estimate of drug-likeness (QED) is 0.0852. The molecular weight excluding hydrogens is 721 g/mol. The smallest absolute Gasteiger partial charge is 0.269 e. The molecule has 1 N–H and O–H groups in total. The van der Waals surface area contributed by atoms with Crippen LogP contribution >= 0.6 is 0 Å². The molecule has 4 atom stereocenters. The molecule has 1 aliphatic carbocycles. The molecule has 10 heteroatoms. The van der Waals surface area contributed by atoms with Crippen molar-refractivity contribution >= 4 is 56.1 Å². The van der Waals surface area contributed by atoms with E-state index in [0.29, 0.717) is 31.6 Å². The van der Waals surface area contributed by atoms with E-state index in [4.69, 9.17) is 16.0 Å². The molecule has 9 nitrogen and oxygen atoms in total. The molecular formula is C46H55N4O5S+. The zero-order valence-corrected chi connectivity index (χ0v) is 34.1. The van der Waals surface area contributed by atoms with Crippen molar-refractivity contribution in [1.82, 2.24) is 9.62 Å². The molecule has 0 radical (unpaired) electrons. The summed E-state index contributed by atoms with van der Waals surface area (Å²) >= 11 is 0. The van der Waals surface area contributed by atoms with E-state index in [1.807, 2.05) is 68.7 Å². The highest BCUT2D eigenvalue weighted by Crippen LogP contribution is 2.48. The number of hydrogen-bond acceptors (Lipinski definition) is 6. The van der Waals surface area contributed by atoms with Gasteiger partial charge in [0.25, 0.3) is 17.3 Å². The fraction of sp³-hybridized carbons (Fsp3) is 0.457. The first kappa shape index (κ1) is 39.5. The predicted octanol–water partition coefficient (Wildman–Crippen LogP) is 7.92. The van der Waals surface area contributed by atoms with E-state index in [9.17, 15) is 13.8 Å². The highest BCUT2D eigenvalue weighted by atomic mass is 32.2. The van der Waals surface area contributed by atoms with Crippen LogP contribution in [-0.2, 0) is 25.4 Å². The number of hydrogen-bond donors (Lipinski definition) is 1. The SMILES string of the molecule is C#C[C@H]1C2=[N+](OC)c3cc(OCCCCCCCCCCNS(=O)c4cccc5c(N(C)C)cccc45)ccc3C2=CC2=CC1C[C@]1(C(C)=O)CCCN1C2=O. The molecule has 56 heavy (non-hydrogen) atoms. The van der Waals surface area contributed by atoms with E-state index >= 15 is 0 Å². The first-order valence-corrected chi connectivity index (χ1v) is 21.4. The summed E-state index contributed by atoms with van der Waals surface area (Å²) in [4.78, 5) is 37.7. The van der Waals surface area contributed by atoms with E-state index in [1.54, 1.807) is 23.7 Å². The first-order valence-electron chi connectivity index (χ1n) is 20.2. The topological polar surface area (TPSA) is 91.2 Å². The number of ketones is 1. The van der Waals surface area contributed by atoms with E-state index < -0.39 is 16.5 Å². The largest absolute Gasteiger partial charge is 0.493 e. The van der Waals surface area contributed by atoms with Gasteiger partial charge in [-0.2, -0.15) is 0 Å². The third kappa shape index (κ3) is 7.56. The van der Waals surface area contributed by atoms with Crippen molar-refractivity contribution in [3.05, 3.63) is 77.9 Å². The predicted molar refractivity (Wildman–Crippen MR) is 224 cm³/mol. The molecule has 3 aromatic rings. The maximum Gasteiger partial charge on any atom is 0.269 e. The van der Waals surface area contributed by atoms with Gasteiger partial charge in [0.2, 0.25) is 0 Å². The van der Waals surface area contributed by atoms with Gasteiger partial charge in [0, 0.05) is 59.9 Å². The fourth-order valence-corrected chi connectivity index (χ4v) is 10.3. The average molecular weight is 776 g/mol. The van der Waals surface area contributed by atoms with Gasteiger partial charge in [-0.05, 0) is 69.4 Å². The molecule has 0 aromatic heterocycles. The second-order valence-corrected chi connectivity index (χ2v) is 17.0. The monoisotopic (exact) mass is 775 g/mol. The van der Waals surface area contributed by atoms with Crippen LogP contribution in [0, 0.1) is 24.2 Å². The van der Waals surface area contributed by atoms with Gasteiger partial charge in [0.05, 0.1) is 28.7 Å². The number of rotatable bonds is 17. The number of anilines is 1. The normalized spacial score (nSPS) is 21.6. The van der Waals surface area contributed by atoms with Crippen LogP contribution in [0.15, 0.2) is 77.2 Å². The van der Waals surface area contributed by atoms with Gasteiger partial charge in [-0.1, -0.05) is 74.8 Å². The number of nitrogens with zero attached hydrogens (tertiary/aromatic N) is 3. The molecule has 1 fully saturated rings. The lowest BCUT2D eigenvalue weighted by molar-refractivity contribution is -0.719. The van der Waals surface area contributed by atoms with Crippen LogP contribution in [0.5, 0.6) is 5.75 Å². The number of carbonyl (C=O) groups excluding carboxylic acids is 2. The highest BCUT2D eigenvalue weighted by Gasteiger charge is 2.55. The number of unbranched alkanes of at least 4 members (excludes halogenated alkanes) is 7. The minimum atomic E-state index is -1.24. The van der Waals surface area contributed by atoms with Gasteiger partial charge in [0.15, 0.2) is 5.78 Å². The number of fused-ring (bicyclic) bond motifs is 6. The number of carbonyl (C=O) groups is 2. The van der Waals surface area contributed by atoms with Crippen LogP contribution in [0.4, 0.5) is 11.4 Å². The Morgan fingerprint density at radius 1 is 1.04 bits per heavy atom. The number of terminal acetylenes is 1. The van der Waals surface area contributed by atoms with Crippen LogP contribution in [0.2, 0.25) is 0 Å². The fourth-order valence-electron chi connectivity index (χ4n) is 9.24. The van der Waals surface area contributed by atoms with Gasteiger partial charge in [0.1, 0.15) is 35.3 Å². The van der Waals surface area contributed by atoms with Crippen LogP contribution in [0.25, 0.3) is 16.3 Å². The number of allylic oxidation sites excluding steroid dienone is 2. The Hall–Kier alpha value is -4.72. The molecule has 4 aliphatic rings. The van der Waals surface area contributed by atoms with E-state index in [0.717, 1.165) is 88.3 Å². The zero-order chi connectivity index (χ0) is 39.4. The molecule has 1 amide bonds. The molecule has 7 rings (SSSR count). The Balaban J connectivity index is 0.859. The summed E-state index contributed by atoms with van der Waals surface area (Å²) < 4.78 is 24.4. The Labute approximate surface area is 334 Å². The van der Waals surface area contributed by atoms with Crippen molar-refractivity contribution < 1.29 is 28.1 Å². The lowest BCUT2D eigenvalue weighted by Crippen LogP contribution is -2.53. The third-order valence-electron chi connectivity index (χ3n) is 12.1. The standard InChI is InChI=1S/C46H55N4O5S/c1-6-36-34-28-33(45(52)49-26-17-24-46(49,31-34)32(2)51)29-40-38-23-22-35(30-42(38)50(54-5)44(36)40)55-27-14-12-10-8-7-9-11-13-25-47-56(53)43-21-16-18-37-39(43)19-15-20-41(37)48(3)4/h1,15-16,18-23,28-30,34,36,47H,7-14,17,24-27,31H2,2-5H3/q+1/t34?,36-,46+,56?/m1/s1. The molecule has 294 valence electrons. The van der Waals surface area contributed by atoms with Crippen LogP contribution in [0.3, 0.4) is 0 Å². The van der Waals surface area contributed by atoms with Crippen LogP contribution in [-0.4, -0.2) is 77.7 Å². The molecule has 3 aliphatic heterocycles. The average Bonchev–Trinajstić information content (AvgIpc) is 3.68. The van der Waals surface area contributed by atoms with Crippen molar-refractivity contribution in [1.29, 1.82) is 0 Å². The van der Waals surface area contributed by atoms with Gasteiger partial charge in [-0.15, -0.1) is 6.42 Å². The Bertz CT molecular complexity index is 2170. The van der Waals surface area contributed by atoms with Gasteiger partial charge >= 0.3 is 0 Å². The van der Waals surface area contributed by atoms with E-state index in [1.165, 1.54) is 25.7 Å². The maximum absolute atomic E-state index is 13.9.